The Morgan fingerprint density at radius 3 is 3.11 bits per heavy atom. The Bertz CT molecular complexity index is 523. The Kier molecular flexibility index (Phi) is 3.00. The van der Waals surface area contributed by atoms with Gasteiger partial charge in [-0.3, -0.25) is 9.59 Å². The third-order valence-corrected chi connectivity index (χ3v) is 3.86. The lowest BCUT2D eigenvalue weighted by atomic mass is 9.88. The first-order valence-electron chi connectivity index (χ1n) is 6.73. The zero-order valence-corrected chi connectivity index (χ0v) is 11.0. The summed E-state index contributed by atoms with van der Waals surface area (Å²) < 4.78 is 0. The van der Waals surface area contributed by atoms with E-state index in [1.165, 1.54) is 0 Å². The molecule has 2 N–H and O–H groups in total. The van der Waals surface area contributed by atoms with Gasteiger partial charge in [-0.05, 0) is 19.8 Å². The average Bonchev–Trinajstić information content (AvgIpc) is 2.76. The van der Waals surface area contributed by atoms with Gasteiger partial charge in [-0.2, -0.15) is 0 Å². The van der Waals surface area contributed by atoms with Gasteiger partial charge in [0, 0.05) is 31.1 Å². The largest absolute Gasteiger partial charge is 0.353 e. The third kappa shape index (κ3) is 2.34. The first-order chi connectivity index (χ1) is 9.13. The highest BCUT2D eigenvalue weighted by Gasteiger charge is 2.31. The quantitative estimate of drug-likeness (QED) is 0.734. The van der Waals surface area contributed by atoms with Crippen molar-refractivity contribution in [2.45, 2.75) is 26.2 Å². The maximum absolute atomic E-state index is 12.4. The van der Waals surface area contributed by atoms with Crippen LogP contribution in [0.4, 0.5) is 0 Å². The Hall–Kier alpha value is -1.85. The van der Waals surface area contributed by atoms with Crippen LogP contribution in [-0.4, -0.2) is 46.3 Å². The Balaban J connectivity index is 1.70. The second-order valence-corrected chi connectivity index (χ2v) is 5.30. The molecule has 0 spiro atoms. The number of carbonyl (C=O) groups is 2. The second kappa shape index (κ2) is 4.68. The maximum Gasteiger partial charge on any atom is 0.239 e. The molecule has 3 rings (SSSR count). The van der Waals surface area contributed by atoms with Gasteiger partial charge in [0.15, 0.2) is 0 Å². The first-order valence-corrected chi connectivity index (χ1v) is 6.73. The topological polar surface area (TPSA) is 78.1 Å². The zero-order valence-electron chi connectivity index (χ0n) is 11.0. The lowest BCUT2D eigenvalue weighted by Crippen LogP contribution is -2.52. The Morgan fingerprint density at radius 1 is 1.47 bits per heavy atom. The fraction of sp³-hybridized carbons (Fsp3) is 0.615. The van der Waals surface area contributed by atoms with E-state index in [1.807, 2.05) is 6.92 Å². The van der Waals surface area contributed by atoms with E-state index in [4.69, 9.17) is 0 Å². The minimum absolute atomic E-state index is 0.0155. The van der Waals surface area contributed by atoms with Crippen LogP contribution in [-0.2, 0) is 22.4 Å². The molecule has 2 heterocycles. The monoisotopic (exact) mass is 262 g/mol. The van der Waals surface area contributed by atoms with Gasteiger partial charge in [-0.15, -0.1) is 0 Å². The van der Waals surface area contributed by atoms with E-state index in [1.54, 1.807) is 4.90 Å². The first kappa shape index (κ1) is 12.2. The summed E-state index contributed by atoms with van der Waals surface area (Å²) in [6.45, 7) is 3.32. The number of rotatable bonds is 1. The minimum Gasteiger partial charge on any atom is -0.353 e. The van der Waals surface area contributed by atoms with Crippen LogP contribution in [0, 0.1) is 12.8 Å². The molecular formula is C13H18N4O2. The normalized spacial score (nSPS) is 22.9. The van der Waals surface area contributed by atoms with Crippen LogP contribution in [0.25, 0.3) is 0 Å². The lowest BCUT2D eigenvalue weighted by Gasteiger charge is -2.31. The summed E-state index contributed by atoms with van der Waals surface area (Å²) in [6.07, 6.45) is 2.39. The van der Waals surface area contributed by atoms with Gasteiger partial charge >= 0.3 is 0 Å². The van der Waals surface area contributed by atoms with Gasteiger partial charge in [-0.1, -0.05) is 0 Å². The molecule has 0 bridgehead atoms. The van der Waals surface area contributed by atoms with E-state index in [2.05, 4.69) is 15.3 Å². The summed E-state index contributed by atoms with van der Waals surface area (Å²) in [5.41, 5.74) is 2.18. The van der Waals surface area contributed by atoms with Crippen molar-refractivity contribution in [2.75, 3.05) is 19.6 Å². The predicted octanol–water partition coefficient (Wildman–Crippen LogP) is -0.219. The molecular weight excluding hydrogens is 244 g/mol. The van der Waals surface area contributed by atoms with Crippen molar-refractivity contribution < 1.29 is 9.59 Å². The summed E-state index contributed by atoms with van der Waals surface area (Å²) in [7, 11) is 0. The van der Waals surface area contributed by atoms with Crippen molar-refractivity contribution in [3.05, 3.63) is 17.2 Å². The van der Waals surface area contributed by atoms with Crippen molar-refractivity contribution >= 4 is 11.8 Å². The van der Waals surface area contributed by atoms with Crippen molar-refractivity contribution in [3.8, 4) is 0 Å². The number of amides is 2. The Labute approximate surface area is 111 Å². The molecule has 1 atom stereocenters. The summed E-state index contributed by atoms with van der Waals surface area (Å²) in [6, 6.07) is 0. The predicted molar refractivity (Wildman–Crippen MR) is 68.4 cm³/mol. The van der Waals surface area contributed by atoms with Gasteiger partial charge in [0.2, 0.25) is 11.8 Å². The van der Waals surface area contributed by atoms with Crippen LogP contribution < -0.4 is 5.32 Å². The van der Waals surface area contributed by atoms with Gasteiger partial charge < -0.3 is 15.2 Å². The molecule has 0 aromatic carbocycles. The number of aromatic nitrogens is 2. The molecule has 19 heavy (non-hydrogen) atoms. The van der Waals surface area contributed by atoms with Gasteiger partial charge in [0.05, 0.1) is 12.2 Å². The zero-order chi connectivity index (χ0) is 13.4. The molecule has 102 valence electrons. The van der Waals surface area contributed by atoms with Crippen LogP contribution in [0.3, 0.4) is 0 Å². The summed E-state index contributed by atoms with van der Waals surface area (Å²) in [5, 5.41) is 2.74. The molecule has 6 nitrogen and oxygen atoms in total. The standard InChI is InChI=1S/C13H18N4O2/c1-8-15-10-3-2-9(6-11(10)16-8)13(19)17-5-4-14-12(18)7-17/h9H,2-7H2,1H3,(H,14,18)(H,15,16). The third-order valence-electron chi connectivity index (χ3n) is 3.86. The van der Waals surface area contributed by atoms with E-state index in [-0.39, 0.29) is 24.3 Å². The summed E-state index contributed by atoms with van der Waals surface area (Å²) >= 11 is 0. The van der Waals surface area contributed by atoms with E-state index in [0.29, 0.717) is 19.5 Å². The molecule has 2 amide bonds. The molecule has 1 fully saturated rings. The molecule has 1 aromatic rings. The number of hydrogen-bond acceptors (Lipinski definition) is 3. The Morgan fingerprint density at radius 2 is 2.32 bits per heavy atom. The van der Waals surface area contributed by atoms with Crippen molar-refractivity contribution in [3.63, 3.8) is 0 Å². The molecule has 1 saturated heterocycles. The van der Waals surface area contributed by atoms with E-state index in [9.17, 15) is 9.59 Å². The second-order valence-electron chi connectivity index (χ2n) is 5.30. The van der Waals surface area contributed by atoms with Crippen molar-refractivity contribution in [1.82, 2.24) is 20.2 Å². The molecule has 1 aromatic heterocycles. The highest BCUT2D eigenvalue weighted by atomic mass is 16.2. The van der Waals surface area contributed by atoms with E-state index < -0.39 is 0 Å². The molecule has 1 aliphatic carbocycles. The molecule has 1 aliphatic heterocycles. The SMILES string of the molecule is Cc1nc2c([nH]1)CC(C(=O)N1CCNC(=O)C1)CC2. The number of aromatic amines is 1. The number of nitrogens with zero attached hydrogens (tertiary/aromatic N) is 2. The lowest BCUT2D eigenvalue weighted by molar-refractivity contribution is -0.141. The molecule has 1 unspecified atom stereocenters. The molecule has 0 radical (unpaired) electrons. The fourth-order valence-corrected chi connectivity index (χ4v) is 2.92. The summed E-state index contributed by atoms with van der Waals surface area (Å²) in [5.74, 6) is 0.940. The molecule has 6 heteroatoms. The van der Waals surface area contributed by atoms with Crippen LogP contribution >= 0.6 is 0 Å². The smallest absolute Gasteiger partial charge is 0.239 e. The fourth-order valence-electron chi connectivity index (χ4n) is 2.92. The number of hydrogen-bond donors (Lipinski definition) is 2. The highest BCUT2D eigenvalue weighted by Crippen LogP contribution is 2.25. The number of carbonyl (C=O) groups excluding carboxylic acids is 2. The number of imidazole rings is 1. The highest BCUT2D eigenvalue weighted by molar-refractivity contribution is 5.87. The average molecular weight is 262 g/mol. The van der Waals surface area contributed by atoms with Crippen LogP contribution in [0.15, 0.2) is 0 Å². The number of nitrogens with one attached hydrogen (secondary N) is 2. The van der Waals surface area contributed by atoms with Gasteiger partial charge in [0.25, 0.3) is 0 Å². The van der Waals surface area contributed by atoms with Crippen molar-refractivity contribution in [1.29, 1.82) is 0 Å². The number of fused-ring (bicyclic) bond motifs is 1. The summed E-state index contributed by atoms with van der Waals surface area (Å²) in [4.78, 5) is 33.1. The van der Waals surface area contributed by atoms with Crippen LogP contribution in [0.2, 0.25) is 0 Å². The maximum atomic E-state index is 12.4. The van der Waals surface area contributed by atoms with Gasteiger partial charge in [-0.25, -0.2) is 4.98 Å². The van der Waals surface area contributed by atoms with Crippen molar-refractivity contribution in [2.24, 2.45) is 5.92 Å². The van der Waals surface area contributed by atoms with Crippen LogP contribution in [0.5, 0.6) is 0 Å². The van der Waals surface area contributed by atoms with Gasteiger partial charge in [0.1, 0.15) is 5.82 Å². The number of H-pyrrole nitrogens is 1. The minimum atomic E-state index is -0.0616. The molecule has 0 saturated carbocycles. The number of aryl methyl sites for hydroxylation is 2. The van der Waals surface area contributed by atoms with E-state index >= 15 is 0 Å². The van der Waals surface area contributed by atoms with Crippen LogP contribution in [0.1, 0.15) is 23.6 Å². The number of piperazine rings is 1. The van der Waals surface area contributed by atoms with E-state index in [0.717, 1.165) is 30.1 Å². The molecule has 2 aliphatic rings.